The second-order valence-electron chi connectivity index (χ2n) is 8.86. The van der Waals surface area contributed by atoms with Crippen molar-refractivity contribution in [3.63, 3.8) is 0 Å². The molecular weight excluding hydrogens is 316 g/mol. The van der Waals surface area contributed by atoms with Crippen molar-refractivity contribution in [2.45, 2.75) is 103 Å². The zero-order chi connectivity index (χ0) is 18.2. The molecule has 2 nitrogen and oxygen atoms in total. The molecule has 0 radical (unpaired) electrons. The number of unbranched alkanes of at least 4 members (excludes halogenated alkanes) is 9. The zero-order valence-electron chi connectivity index (χ0n) is 17.4. The number of aryl methyl sites for hydroxylation is 2. The zero-order valence-corrected chi connectivity index (χ0v) is 17.4. The summed E-state index contributed by atoms with van der Waals surface area (Å²) in [7, 11) is 2.32. The van der Waals surface area contributed by atoms with Gasteiger partial charge in [-0.05, 0) is 50.8 Å². The summed E-state index contributed by atoms with van der Waals surface area (Å²) in [5.74, 6) is 0.903. The number of pyridine rings is 1. The lowest BCUT2D eigenvalue weighted by molar-refractivity contribution is -0.698. The standard InChI is InChI=1S/C24H41N2/c1-3-4-5-6-7-8-9-10-11-12-17-26-19-16-21-13-14-22-15-18-25(2)24(22)23(21)20-26/h16,19-20,22,24H,3-15,17-18H2,1-2H3/q+1. The third-order valence-corrected chi connectivity index (χ3v) is 6.79. The van der Waals surface area contributed by atoms with E-state index in [1.165, 1.54) is 96.6 Å². The molecule has 2 unspecified atom stereocenters. The van der Waals surface area contributed by atoms with Crippen molar-refractivity contribution in [2.24, 2.45) is 5.92 Å². The van der Waals surface area contributed by atoms with Gasteiger partial charge in [0.1, 0.15) is 6.54 Å². The van der Waals surface area contributed by atoms with Gasteiger partial charge in [0.05, 0.1) is 0 Å². The molecule has 2 atom stereocenters. The molecule has 2 aliphatic rings. The highest BCUT2D eigenvalue weighted by Crippen LogP contribution is 2.43. The molecule has 0 amide bonds. The molecule has 26 heavy (non-hydrogen) atoms. The average Bonchev–Trinajstić information content (AvgIpc) is 3.04. The van der Waals surface area contributed by atoms with Gasteiger partial charge in [-0.2, -0.15) is 0 Å². The van der Waals surface area contributed by atoms with Crippen molar-refractivity contribution in [2.75, 3.05) is 13.6 Å². The van der Waals surface area contributed by atoms with Crippen molar-refractivity contribution < 1.29 is 4.57 Å². The average molecular weight is 358 g/mol. The molecule has 1 aromatic heterocycles. The Morgan fingerprint density at radius 3 is 2.38 bits per heavy atom. The first-order chi connectivity index (χ1) is 12.8. The largest absolute Gasteiger partial charge is 0.299 e. The minimum Gasteiger partial charge on any atom is -0.299 e. The predicted molar refractivity (Wildman–Crippen MR) is 110 cm³/mol. The number of nitrogens with zero attached hydrogens (tertiary/aromatic N) is 2. The van der Waals surface area contributed by atoms with Crippen LogP contribution in [0.15, 0.2) is 18.5 Å². The highest BCUT2D eigenvalue weighted by Gasteiger charge is 2.38. The summed E-state index contributed by atoms with van der Waals surface area (Å²) >= 11 is 0. The first-order valence-corrected chi connectivity index (χ1v) is 11.5. The topological polar surface area (TPSA) is 7.12 Å². The van der Waals surface area contributed by atoms with E-state index < -0.39 is 0 Å². The SMILES string of the molecule is CCCCCCCCCCCC[n+]1ccc2c(c1)C1C(CC2)CCN1C. The molecule has 2 heterocycles. The molecule has 1 aliphatic heterocycles. The van der Waals surface area contributed by atoms with Crippen LogP contribution in [0.25, 0.3) is 0 Å². The van der Waals surface area contributed by atoms with E-state index in [4.69, 9.17) is 0 Å². The summed E-state index contributed by atoms with van der Waals surface area (Å²) in [4.78, 5) is 2.59. The van der Waals surface area contributed by atoms with Gasteiger partial charge in [0.25, 0.3) is 0 Å². The fourth-order valence-corrected chi connectivity index (χ4v) is 5.16. The van der Waals surface area contributed by atoms with Crippen LogP contribution in [-0.4, -0.2) is 18.5 Å². The summed E-state index contributed by atoms with van der Waals surface area (Å²) in [5.41, 5.74) is 3.25. The van der Waals surface area contributed by atoms with E-state index in [1.807, 2.05) is 0 Å². The van der Waals surface area contributed by atoms with Crippen LogP contribution in [0, 0.1) is 5.92 Å². The first-order valence-electron chi connectivity index (χ1n) is 11.5. The molecule has 146 valence electrons. The third-order valence-electron chi connectivity index (χ3n) is 6.79. The number of aromatic nitrogens is 1. The Bertz CT molecular complexity index is 539. The quantitative estimate of drug-likeness (QED) is 0.357. The monoisotopic (exact) mass is 357 g/mol. The van der Waals surface area contributed by atoms with E-state index in [0.717, 1.165) is 5.92 Å². The van der Waals surface area contributed by atoms with Gasteiger partial charge in [-0.3, -0.25) is 4.90 Å². The Kier molecular flexibility index (Phi) is 7.98. The Morgan fingerprint density at radius 2 is 1.65 bits per heavy atom. The molecule has 3 rings (SSSR count). The Hall–Kier alpha value is -0.890. The summed E-state index contributed by atoms with van der Waals surface area (Å²) in [6, 6.07) is 3.10. The molecule has 1 aromatic rings. The Balaban J connectivity index is 1.36. The molecule has 1 saturated heterocycles. The number of hydrogen-bond acceptors (Lipinski definition) is 1. The van der Waals surface area contributed by atoms with Gasteiger partial charge >= 0.3 is 0 Å². The number of likely N-dealkylation sites (tertiary alicyclic amines) is 1. The van der Waals surface area contributed by atoms with Crippen LogP contribution < -0.4 is 4.57 Å². The van der Waals surface area contributed by atoms with Crippen molar-refractivity contribution in [1.29, 1.82) is 0 Å². The second kappa shape index (κ2) is 10.4. The lowest BCUT2D eigenvalue weighted by atomic mass is 9.81. The maximum Gasteiger partial charge on any atom is 0.173 e. The fraction of sp³-hybridized carbons (Fsp3) is 0.792. The summed E-state index contributed by atoms with van der Waals surface area (Å²) in [5, 5.41) is 0. The van der Waals surface area contributed by atoms with E-state index in [0.29, 0.717) is 6.04 Å². The minimum absolute atomic E-state index is 0.693. The summed E-state index contributed by atoms with van der Waals surface area (Å²) in [6.07, 6.45) is 23.1. The van der Waals surface area contributed by atoms with Crippen LogP contribution >= 0.6 is 0 Å². The van der Waals surface area contributed by atoms with E-state index in [-0.39, 0.29) is 0 Å². The van der Waals surface area contributed by atoms with Gasteiger partial charge in [-0.25, -0.2) is 4.57 Å². The maximum absolute atomic E-state index is 2.59. The van der Waals surface area contributed by atoms with Crippen LogP contribution in [0.1, 0.15) is 101 Å². The lowest BCUT2D eigenvalue weighted by Gasteiger charge is -2.30. The smallest absolute Gasteiger partial charge is 0.173 e. The van der Waals surface area contributed by atoms with Crippen LogP contribution in [0.2, 0.25) is 0 Å². The van der Waals surface area contributed by atoms with Crippen molar-refractivity contribution in [3.8, 4) is 0 Å². The van der Waals surface area contributed by atoms with Crippen molar-refractivity contribution >= 4 is 0 Å². The van der Waals surface area contributed by atoms with Gasteiger partial charge in [0.2, 0.25) is 0 Å². The minimum atomic E-state index is 0.693. The van der Waals surface area contributed by atoms with E-state index in [9.17, 15) is 0 Å². The normalized spacial score (nSPS) is 22.4. The maximum atomic E-state index is 2.59. The molecule has 2 heteroatoms. The van der Waals surface area contributed by atoms with E-state index in [2.05, 4.69) is 41.9 Å². The van der Waals surface area contributed by atoms with Crippen LogP contribution in [0.5, 0.6) is 0 Å². The van der Waals surface area contributed by atoms with E-state index >= 15 is 0 Å². The van der Waals surface area contributed by atoms with Gasteiger partial charge in [-0.15, -0.1) is 0 Å². The van der Waals surface area contributed by atoms with Crippen LogP contribution in [-0.2, 0) is 13.0 Å². The van der Waals surface area contributed by atoms with Gasteiger partial charge in [-0.1, -0.05) is 58.3 Å². The highest BCUT2D eigenvalue weighted by atomic mass is 15.2. The second-order valence-corrected chi connectivity index (χ2v) is 8.86. The summed E-state index contributed by atoms with van der Waals surface area (Å²) in [6.45, 7) is 4.78. The number of rotatable bonds is 11. The van der Waals surface area contributed by atoms with Gasteiger partial charge < -0.3 is 0 Å². The Morgan fingerprint density at radius 1 is 0.962 bits per heavy atom. The van der Waals surface area contributed by atoms with Crippen LogP contribution in [0.3, 0.4) is 0 Å². The van der Waals surface area contributed by atoms with Crippen molar-refractivity contribution in [1.82, 2.24) is 4.90 Å². The third kappa shape index (κ3) is 5.31. The number of fused-ring (bicyclic) bond motifs is 3. The van der Waals surface area contributed by atoms with Gasteiger partial charge in [0.15, 0.2) is 12.4 Å². The molecule has 1 aliphatic carbocycles. The molecule has 0 aromatic carbocycles. The predicted octanol–water partition coefficient (Wildman–Crippen LogP) is 5.83. The molecule has 0 bridgehead atoms. The molecule has 0 N–H and O–H groups in total. The molecule has 0 spiro atoms. The highest BCUT2D eigenvalue weighted by molar-refractivity contribution is 5.29. The molecule has 0 saturated carbocycles. The van der Waals surface area contributed by atoms with Crippen LogP contribution in [0.4, 0.5) is 0 Å². The molecular formula is C24H41N2+. The fourth-order valence-electron chi connectivity index (χ4n) is 5.16. The lowest BCUT2D eigenvalue weighted by Crippen LogP contribution is -2.37. The van der Waals surface area contributed by atoms with Gasteiger partial charge in [0, 0.05) is 24.1 Å². The number of hydrogen-bond donors (Lipinski definition) is 0. The Labute approximate surface area is 162 Å². The first kappa shape index (κ1) is 19.9. The summed E-state index contributed by atoms with van der Waals surface area (Å²) < 4.78 is 2.47. The molecule has 1 fully saturated rings. The van der Waals surface area contributed by atoms with Crippen molar-refractivity contribution in [3.05, 3.63) is 29.6 Å². The van der Waals surface area contributed by atoms with E-state index in [1.54, 1.807) is 11.1 Å².